The molecule has 1 atom stereocenters. The molecular weight excluding hydrogens is 396 g/mol. The first kappa shape index (κ1) is 19.4. The van der Waals surface area contributed by atoms with Gasteiger partial charge in [0.15, 0.2) is 0 Å². The second-order valence-corrected chi connectivity index (χ2v) is 7.14. The summed E-state index contributed by atoms with van der Waals surface area (Å²) in [6, 6.07) is 11.6. The molecule has 8 heteroatoms. The highest BCUT2D eigenvalue weighted by molar-refractivity contribution is 6.29. The van der Waals surface area contributed by atoms with Crippen LogP contribution in [0, 0.1) is 0 Å². The topological polar surface area (TPSA) is 84.9 Å². The SMILES string of the molecule is O=C(CCl)Nc1ccc(Oc2ccc3c(c2)C(=O)N(CC2CCCO2)C3=O)cc1. The van der Waals surface area contributed by atoms with Gasteiger partial charge in [0.1, 0.15) is 17.4 Å². The highest BCUT2D eigenvalue weighted by atomic mass is 35.5. The number of alkyl halides is 1. The van der Waals surface area contributed by atoms with Crippen molar-refractivity contribution in [2.24, 2.45) is 0 Å². The van der Waals surface area contributed by atoms with Crippen molar-refractivity contribution in [1.82, 2.24) is 4.90 Å². The van der Waals surface area contributed by atoms with Crippen LogP contribution in [0.25, 0.3) is 0 Å². The zero-order valence-corrected chi connectivity index (χ0v) is 16.3. The summed E-state index contributed by atoms with van der Waals surface area (Å²) in [6.45, 7) is 0.943. The van der Waals surface area contributed by atoms with Gasteiger partial charge in [0, 0.05) is 12.3 Å². The van der Waals surface area contributed by atoms with Crippen molar-refractivity contribution in [3.05, 3.63) is 53.6 Å². The summed E-state index contributed by atoms with van der Waals surface area (Å²) in [5.74, 6) is -0.0706. The van der Waals surface area contributed by atoms with Gasteiger partial charge in [-0.1, -0.05) is 0 Å². The maximum Gasteiger partial charge on any atom is 0.261 e. The fraction of sp³-hybridized carbons (Fsp3) is 0.286. The van der Waals surface area contributed by atoms with Crippen LogP contribution >= 0.6 is 11.6 Å². The van der Waals surface area contributed by atoms with Crippen LogP contribution in [0.1, 0.15) is 33.6 Å². The minimum absolute atomic E-state index is 0.0919. The van der Waals surface area contributed by atoms with Crippen molar-refractivity contribution >= 4 is 35.0 Å². The Labute approximate surface area is 172 Å². The van der Waals surface area contributed by atoms with Crippen molar-refractivity contribution in [2.45, 2.75) is 18.9 Å². The molecule has 0 bridgehead atoms. The van der Waals surface area contributed by atoms with Gasteiger partial charge in [-0.15, -0.1) is 11.6 Å². The van der Waals surface area contributed by atoms with Crippen LogP contribution in [0.2, 0.25) is 0 Å². The predicted octanol–water partition coefficient (Wildman–Crippen LogP) is 3.43. The van der Waals surface area contributed by atoms with E-state index in [1.165, 1.54) is 4.90 Å². The molecule has 29 heavy (non-hydrogen) atoms. The number of nitrogens with one attached hydrogen (secondary N) is 1. The molecule has 0 spiro atoms. The lowest BCUT2D eigenvalue weighted by atomic mass is 10.1. The maximum atomic E-state index is 12.7. The van der Waals surface area contributed by atoms with Crippen LogP contribution in [0.4, 0.5) is 5.69 Å². The Hall–Kier alpha value is -2.90. The number of benzene rings is 2. The Bertz CT molecular complexity index is 954. The number of hydrogen-bond donors (Lipinski definition) is 1. The standard InChI is InChI=1S/C21H19ClN2O5/c22-11-19(25)23-13-3-5-14(6-4-13)29-15-7-8-17-18(10-15)21(27)24(20(17)26)12-16-2-1-9-28-16/h3-8,10,16H,1-2,9,11-12H2,(H,23,25). The monoisotopic (exact) mass is 414 g/mol. The Morgan fingerprint density at radius 2 is 1.83 bits per heavy atom. The van der Waals surface area contributed by atoms with Gasteiger partial charge in [-0.3, -0.25) is 19.3 Å². The van der Waals surface area contributed by atoms with Crippen molar-refractivity contribution in [3.63, 3.8) is 0 Å². The summed E-state index contributed by atoms with van der Waals surface area (Å²) < 4.78 is 11.3. The molecule has 0 aliphatic carbocycles. The van der Waals surface area contributed by atoms with E-state index in [0.717, 1.165) is 12.8 Å². The third kappa shape index (κ3) is 4.11. The molecule has 0 radical (unpaired) electrons. The van der Waals surface area contributed by atoms with Crippen LogP contribution < -0.4 is 10.1 Å². The van der Waals surface area contributed by atoms with Gasteiger partial charge in [-0.25, -0.2) is 0 Å². The minimum Gasteiger partial charge on any atom is -0.457 e. The number of fused-ring (bicyclic) bond motifs is 1. The maximum absolute atomic E-state index is 12.7. The van der Waals surface area contributed by atoms with Crippen LogP contribution in [-0.2, 0) is 9.53 Å². The van der Waals surface area contributed by atoms with Gasteiger partial charge >= 0.3 is 0 Å². The second-order valence-electron chi connectivity index (χ2n) is 6.87. The molecule has 1 N–H and O–H groups in total. The first-order valence-corrected chi connectivity index (χ1v) is 9.84. The molecule has 1 unspecified atom stereocenters. The number of amides is 3. The number of ether oxygens (including phenoxy) is 2. The first-order chi connectivity index (χ1) is 14.0. The van der Waals surface area contributed by atoms with Crippen LogP contribution in [-0.4, -0.2) is 47.8 Å². The number of hydrogen-bond acceptors (Lipinski definition) is 5. The summed E-state index contributed by atoms with van der Waals surface area (Å²) in [4.78, 5) is 37.9. The van der Waals surface area contributed by atoms with E-state index >= 15 is 0 Å². The molecule has 0 saturated carbocycles. The third-order valence-electron chi connectivity index (χ3n) is 4.85. The lowest BCUT2D eigenvalue weighted by molar-refractivity contribution is -0.113. The summed E-state index contributed by atoms with van der Waals surface area (Å²) in [6.07, 6.45) is 1.70. The Balaban J connectivity index is 1.46. The van der Waals surface area contributed by atoms with E-state index in [4.69, 9.17) is 21.1 Å². The zero-order chi connectivity index (χ0) is 20.4. The predicted molar refractivity (Wildman–Crippen MR) is 107 cm³/mol. The fourth-order valence-electron chi connectivity index (χ4n) is 3.43. The summed E-state index contributed by atoms with van der Waals surface area (Å²) in [7, 11) is 0. The van der Waals surface area contributed by atoms with E-state index in [2.05, 4.69) is 5.32 Å². The van der Waals surface area contributed by atoms with Gasteiger partial charge in [0.25, 0.3) is 11.8 Å². The average molecular weight is 415 g/mol. The van der Waals surface area contributed by atoms with E-state index in [-0.39, 0.29) is 36.3 Å². The summed E-state index contributed by atoms with van der Waals surface area (Å²) in [5.41, 5.74) is 1.30. The van der Waals surface area contributed by atoms with E-state index in [0.29, 0.717) is 34.9 Å². The molecule has 2 heterocycles. The summed E-state index contributed by atoms with van der Waals surface area (Å²) in [5, 5.41) is 2.64. The largest absolute Gasteiger partial charge is 0.457 e. The number of carbonyl (C=O) groups excluding carboxylic acids is 3. The molecule has 2 aromatic carbocycles. The summed E-state index contributed by atoms with van der Waals surface area (Å²) >= 11 is 5.47. The van der Waals surface area contributed by atoms with Gasteiger partial charge in [-0.2, -0.15) is 0 Å². The van der Waals surface area contributed by atoms with Crippen LogP contribution in [0.15, 0.2) is 42.5 Å². The number of imide groups is 1. The zero-order valence-electron chi connectivity index (χ0n) is 15.5. The number of halogens is 1. The Morgan fingerprint density at radius 1 is 1.10 bits per heavy atom. The normalized spacial score (nSPS) is 18.1. The number of rotatable bonds is 6. The van der Waals surface area contributed by atoms with E-state index < -0.39 is 0 Å². The van der Waals surface area contributed by atoms with Crippen LogP contribution in [0.3, 0.4) is 0 Å². The molecule has 2 aromatic rings. The molecule has 0 aromatic heterocycles. The molecular formula is C21H19ClN2O5. The van der Waals surface area contributed by atoms with E-state index in [1.54, 1.807) is 42.5 Å². The van der Waals surface area contributed by atoms with Gasteiger partial charge in [-0.05, 0) is 55.3 Å². The minimum atomic E-state index is -0.329. The number of nitrogens with zero attached hydrogens (tertiary/aromatic N) is 1. The lowest BCUT2D eigenvalue weighted by Gasteiger charge is -2.17. The quantitative estimate of drug-likeness (QED) is 0.578. The third-order valence-corrected chi connectivity index (χ3v) is 5.09. The van der Waals surface area contributed by atoms with Crippen LogP contribution in [0.5, 0.6) is 11.5 Å². The van der Waals surface area contributed by atoms with Crippen molar-refractivity contribution in [2.75, 3.05) is 24.3 Å². The number of carbonyl (C=O) groups is 3. The molecule has 7 nitrogen and oxygen atoms in total. The smallest absolute Gasteiger partial charge is 0.261 e. The van der Waals surface area contributed by atoms with E-state index in [1.807, 2.05) is 0 Å². The van der Waals surface area contributed by atoms with Crippen molar-refractivity contribution in [3.8, 4) is 11.5 Å². The van der Waals surface area contributed by atoms with Crippen molar-refractivity contribution < 1.29 is 23.9 Å². The van der Waals surface area contributed by atoms with E-state index in [9.17, 15) is 14.4 Å². The fourth-order valence-corrected chi connectivity index (χ4v) is 3.49. The van der Waals surface area contributed by atoms with Crippen molar-refractivity contribution in [1.29, 1.82) is 0 Å². The highest BCUT2D eigenvalue weighted by Gasteiger charge is 2.37. The Morgan fingerprint density at radius 3 is 2.52 bits per heavy atom. The van der Waals surface area contributed by atoms with Gasteiger partial charge in [0.05, 0.1) is 23.8 Å². The van der Waals surface area contributed by atoms with Gasteiger partial charge < -0.3 is 14.8 Å². The molecule has 150 valence electrons. The lowest BCUT2D eigenvalue weighted by Crippen LogP contribution is -2.36. The Kier molecular flexibility index (Phi) is 5.51. The highest BCUT2D eigenvalue weighted by Crippen LogP contribution is 2.30. The second kappa shape index (κ2) is 8.23. The molecule has 3 amide bonds. The molecule has 1 saturated heterocycles. The molecule has 1 fully saturated rings. The average Bonchev–Trinajstić information content (AvgIpc) is 3.32. The first-order valence-electron chi connectivity index (χ1n) is 9.31. The molecule has 2 aliphatic rings. The molecule has 2 aliphatic heterocycles. The van der Waals surface area contributed by atoms with Gasteiger partial charge in [0.2, 0.25) is 5.91 Å². The number of anilines is 1. The molecule has 4 rings (SSSR count).